The molecule has 2 N–H and O–H groups in total. The molecule has 1 aliphatic heterocycles. The fourth-order valence-electron chi connectivity index (χ4n) is 3.15. The molecule has 0 spiro atoms. The quantitative estimate of drug-likeness (QED) is 0.888. The van der Waals surface area contributed by atoms with Gasteiger partial charge in [0.15, 0.2) is 0 Å². The summed E-state index contributed by atoms with van der Waals surface area (Å²) in [7, 11) is 0. The Morgan fingerprint density at radius 3 is 2.55 bits per heavy atom. The maximum atomic E-state index is 12.1. The average Bonchev–Trinajstić information content (AvgIpc) is 2.79. The minimum atomic E-state index is -0.905. The van der Waals surface area contributed by atoms with E-state index in [1.54, 1.807) is 11.0 Å². The zero-order chi connectivity index (χ0) is 15.9. The van der Waals surface area contributed by atoms with Crippen LogP contribution in [0.2, 0.25) is 0 Å². The first-order valence-corrected chi connectivity index (χ1v) is 7.42. The number of aliphatic carboxylic acids is 1. The molecule has 2 unspecified atom stereocenters. The molecule has 1 aromatic rings. The van der Waals surface area contributed by atoms with E-state index in [1.807, 2.05) is 12.1 Å². The fourth-order valence-corrected chi connectivity index (χ4v) is 3.15. The second kappa shape index (κ2) is 5.44. The minimum Gasteiger partial charge on any atom is -0.481 e. The number of fused-ring (bicyclic) bond motifs is 1. The molecule has 6 nitrogen and oxygen atoms in total. The van der Waals surface area contributed by atoms with Crippen molar-refractivity contribution in [1.29, 1.82) is 0 Å². The third kappa shape index (κ3) is 2.45. The highest BCUT2D eigenvalue weighted by molar-refractivity contribution is 5.97. The summed E-state index contributed by atoms with van der Waals surface area (Å²) in [5.74, 6) is -2.14. The van der Waals surface area contributed by atoms with E-state index in [4.69, 9.17) is 5.11 Å². The molecule has 2 amide bonds. The molecular weight excluding hydrogens is 284 g/mol. The van der Waals surface area contributed by atoms with Crippen LogP contribution in [0.4, 0.5) is 11.4 Å². The Morgan fingerprint density at radius 1 is 1.23 bits per heavy atom. The predicted molar refractivity (Wildman–Crippen MR) is 80.7 cm³/mol. The number of carbonyl (C=O) groups is 3. The molecule has 22 heavy (non-hydrogen) atoms. The first kappa shape index (κ1) is 14.6. The number of nitrogens with one attached hydrogen (secondary N) is 1. The zero-order valence-electron chi connectivity index (χ0n) is 12.3. The molecule has 3 rings (SSSR count). The normalized spacial score (nSPS) is 22.7. The lowest BCUT2D eigenvalue weighted by Gasteiger charge is -2.31. The summed E-state index contributed by atoms with van der Waals surface area (Å²) in [6, 6.07) is 5.45. The lowest BCUT2D eigenvalue weighted by Crippen LogP contribution is -2.41. The number of carboxylic acid groups (broad SMARTS) is 1. The number of carboxylic acids is 1. The van der Waals surface area contributed by atoms with Gasteiger partial charge in [0.1, 0.15) is 0 Å². The molecule has 1 saturated carbocycles. The molecular formula is C16H18N2O4. The standard InChI is InChI=1S/C16H18N2O4/c1-9(19)18-7-6-10-8-11(2-5-14(10)18)17-15(20)12-3-4-13(12)16(21)22/h2,5,8,12-13H,3-4,6-7H2,1H3,(H,17,20)(H,21,22). The van der Waals surface area contributed by atoms with Gasteiger partial charge in [0, 0.05) is 24.8 Å². The summed E-state index contributed by atoms with van der Waals surface area (Å²) in [4.78, 5) is 36.4. The summed E-state index contributed by atoms with van der Waals surface area (Å²) in [6.07, 6.45) is 1.94. The topological polar surface area (TPSA) is 86.7 Å². The maximum absolute atomic E-state index is 12.1. The van der Waals surface area contributed by atoms with E-state index in [1.165, 1.54) is 6.92 Å². The lowest BCUT2D eigenvalue weighted by molar-refractivity contribution is -0.151. The Labute approximate surface area is 128 Å². The lowest BCUT2D eigenvalue weighted by atomic mass is 9.73. The van der Waals surface area contributed by atoms with Gasteiger partial charge in [0.25, 0.3) is 0 Å². The van der Waals surface area contributed by atoms with Gasteiger partial charge in [-0.15, -0.1) is 0 Å². The number of amides is 2. The zero-order valence-corrected chi connectivity index (χ0v) is 12.3. The van der Waals surface area contributed by atoms with E-state index in [-0.39, 0.29) is 11.8 Å². The fraction of sp³-hybridized carbons (Fsp3) is 0.438. The van der Waals surface area contributed by atoms with Crippen LogP contribution in [0.5, 0.6) is 0 Å². The molecule has 1 aliphatic carbocycles. The monoisotopic (exact) mass is 302 g/mol. The molecule has 116 valence electrons. The largest absolute Gasteiger partial charge is 0.481 e. The van der Waals surface area contributed by atoms with Crippen molar-refractivity contribution in [3.05, 3.63) is 23.8 Å². The van der Waals surface area contributed by atoms with Crippen molar-refractivity contribution in [2.45, 2.75) is 26.2 Å². The minimum absolute atomic E-state index is 0.00861. The highest BCUT2D eigenvalue weighted by Gasteiger charge is 2.41. The van der Waals surface area contributed by atoms with Crippen LogP contribution in [0.1, 0.15) is 25.3 Å². The van der Waals surface area contributed by atoms with Crippen LogP contribution in [0.15, 0.2) is 18.2 Å². The van der Waals surface area contributed by atoms with E-state index in [0.29, 0.717) is 25.1 Å². The Bertz CT molecular complexity index is 656. The Hall–Kier alpha value is -2.37. The second-order valence-electron chi connectivity index (χ2n) is 5.88. The van der Waals surface area contributed by atoms with Crippen molar-refractivity contribution in [2.24, 2.45) is 11.8 Å². The van der Waals surface area contributed by atoms with Crippen molar-refractivity contribution < 1.29 is 19.5 Å². The first-order valence-electron chi connectivity index (χ1n) is 7.42. The number of rotatable bonds is 3. The van der Waals surface area contributed by atoms with Crippen LogP contribution in [0.25, 0.3) is 0 Å². The van der Waals surface area contributed by atoms with Gasteiger partial charge in [-0.3, -0.25) is 14.4 Å². The summed E-state index contributed by atoms with van der Waals surface area (Å²) >= 11 is 0. The number of carbonyl (C=O) groups excluding carboxylic acids is 2. The number of hydrogen-bond acceptors (Lipinski definition) is 3. The van der Waals surface area contributed by atoms with Crippen molar-refractivity contribution in [2.75, 3.05) is 16.8 Å². The molecule has 1 aromatic carbocycles. The van der Waals surface area contributed by atoms with E-state index in [2.05, 4.69) is 5.32 Å². The molecule has 0 aromatic heterocycles. The SMILES string of the molecule is CC(=O)N1CCc2cc(NC(=O)C3CCC3C(=O)O)ccc21. The van der Waals surface area contributed by atoms with E-state index in [9.17, 15) is 14.4 Å². The van der Waals surface area contributed by atoms with Gasteiger partial charge in [-0.25, -0.2) is 0 Å². The van der Waals surface area contributed by atoms with Gasteiger partial charge >= 0.3 is 5.97 Å². The van der Waals surface area contributed by atoms with Crippen LogP contribution in [-0.2, 0) is 20.8 Å². The van der Waals surface area contributed by atoms with Crippen LogP contribution >= 0.6 is 0 Å². The summed E-state index contributed by atoms with van der Waals surface area (Å²) in [5, 5.41) is 11.8. The third-order valence-electron chi connectivity index (χ3n) is 4.55. The Kier molecular flexibility index (Phi) is 3.60. The molecule has 6 heteroatoms. The number of benzene rings is 1. The smallest absolute Gasteiger partial charge is 0.307 e. The molecule has 1 heterocycles. The molecule has 0 radical (unpaired) electrons. The van der Waals surface area contributed by atoms with Gasteiger partial charge in [-0.2, -0.15) is 0 Å². The second-order valence-corrected chi connectivity index (χ2v) is 5.88. The average molecular weight is 302 g/mol. The van der Waals surface area contributed by atoms with Gasteiger partial charge in [0.2, 0.25) is 11.8 Å². The molecule has 0 saturated heterocycles. The van der Waals surface area contributed by atoms with Crippen molar-refractivity contribution in [3.8, 4) is 0 Å². The van der Waals surface area contributed by atoms with Crippen LogP contribution in [0.3, 0.4) is 0 Å². The van der Waals surface area contributed by atoms with E-state index < -0.39 is 17.8 Å². The first-order chi connectivity index (χ1) is 10.5. The van der Waals surface area contributed by atoms with E-state index in [0.717, 1.165) is 17.7 Å². The van der Waals surface area contributed by atoms with Crippen LogP contribution in [-0.4, -0.2) is 29.4 Å². The molecule has 0 bridgehead atoms. The summed E-state index contributed by atoms with van der Waals surface area (Å²) in [5.41, 5.74) is 2.57. The van der Waals surface area contributed by atoms with Gasteiger partial charge < -0.3 is 15.3 Å². The molecule has 2 atom stereocenters. The van der Waals surface area contributed by atoms with Gasteiger partial charge in [-0.1, -0.05) is 0 Å². The highest BCUT2D eigenvalue weighted by Crippen LogP contribution is 2.36. The van der Waals surface area contributed by atoms with Crippen LogP contribution < -0.4 is 10.2 Å². The van der Waals surface area contributed by atoms with Gasteiger partial charge in [0.05, 0.1) is 11.8 Å². The number of nitrogens with zero attached hydrogens (tertiary/aromatic N) is 1. The number of anilines is 2. The maximum Gasteiger partial charge on any atom is 0.307 e. The predicted octanol–water partition coefficient (Wildman–Crippen LogP) is 1.64. The highest BCUT2D eigenvalue weighted by atomic mass is 16.4. The summed E-state index contributed by atoms with van der Waals surface area (Å²) < 4.78 is 0. The van der Waals surface area contributed by atoms with Crippen molar-refractivity contribution in [3.63, 3.8) is 0 Å². The van der Waals surface area contributed by atoms with Gasteiger partial charge in [-0.05, 0) is 43.0 Å². The van der Waals surface area contributed by atoms with Crippen molar-refractivity contribution >= 4 is 29.2 Å². The Balaban J connectivity index is 1.71. The number of hydrogen-bond donors (Lipinski definition) is 2. The Morgan fingerprint density at radius 2 is 1.95 bits per heavy atom. The molecule has 1 fully saturated rings. The van der Waals surface area contributed by atoms with Crippen LogP contribution in [0, 0.1) is 11.8 Å². The molecule has 2 aliphatic rings. The summed E-state index contributed by atoms with van der Waals surface area (Å²) in [6.45, 7) is 2.19. The van der Waals surface area contributed by atoms with Crippen molar-refractivity contribution in [1.82, 2.24) is 0 Å². The van der Waals surface area contributed by atoms with E-state index >= 15 is 0 Å². The third-order valence-corrected chi connectivity index (χ3v) is 4.55.